The van der Waals surface area contributed by atoms with E-state index in [-0.39, 0.29) is 6.04 Å². The molecule has 6 heteroatoms. The van der Waals surface area contributed by atoms with Crippen LogP contribution in [-0.4, -0.2) is 16.9 Å². The second-order valence-electron chi connectivity index (χ2n) is 3.94. The predicted octanol–water partition coefficient (Wildman–Crippen LogP) is 3.17. The fourth-order valence-corrected chi connectivity index (χ4v) is 3.30. The maximum Gasteiger partial charge on any atom is 0.161 e. The molecule has 0 amide bonds. The van der Waals surface area contributed by atoms with Crippen molar-refractivity contribution in [2.24, 2.45) is 5.73 Å². The molecule has 1 unspecified atom stereocenters. The Labute approximate surface area is 119 Å². The van der Waals surface area contributed by atoms with E-state index in [9.17, 15) is 0 Å². The lowest BCUT2D eigenvalue weighted by Crippen LogP contribution is -2.17. The van der Waals surface area contributed by atoms with Crippen molar-refractivity contribution >= 4 is 27.3 Å². The second-order valence-corrected chi connectivity index (χ2v) is 6.44. The molecule has 2 aromatic heterocycles. The van der Waals surface area contributed by atoms with Crippen molar-refractivity contribution < 1.29 is 4.74 Å². The molecule has 1 atom stereocenters. The summed E-state index contributed by atoms with van der Waals surface area (Å²) >= 11 is 5.09. The number of halogens is 1. The standard InChI is InChI=1S/C12H16BrN3OS/c1-3-6-16-12(8(17-2)7-15-16)11(14)9-4-5-10(13)18-9/h4-5,7,11H,3,6,14H2,1-2H3. The number of nitrogens with two attached hydrogens (primary N) is 1. The Balaban J connectivity index is 2.38. The van der Waals surface area contributed by atoms with E-state index in [1.165, 1.54) is 0 Å². The lowest BCUT2D eigenvalue weighted by Gasteiger charge is -2.14. The van der Waals surface area contributed by atoms with Crippen LogP contribution in [0.3, 0.4) is 0 Å². The molecule has 4 nitrogen and oxygen atoms in total. The van der Waals surface area contributed by atoms with Gasteiger partial charge in [-0.05, 0) is 34.5 Å². The lowest BCUT2D eigenvalue weighted by molar-refractivity contribution is 0.404. The lowest BCUT2D eigenvalue weighted by atomic mass is 10.1. The molecule has 98 valence electrons. The van der Waals surface area contributed by atoms with Gasteiger partial charge in [-0.25, -0.2) is 0 Å². The van der Waals surface area contributed by atoms with E-state index in [0.29, 0.717) is 0 Å². The third-order valence-electron chi connectivity index (χ3n) is 2.70. The van der Waals surface area contributed by atoms with Gasteiger partial charge in [0.2, 0.25) is 0 Å². The van der Waals surface area contributed by atoms with Crippen molar-refractivity contribution in [3.8, 4) is 5.75 Å². The van der Waals surface area contributed by atoms with E-state index in [4.69, 9.17) is 10.5 Å². The summed E-state index contributed by atoms with van der Waals surface area (Å²) in [6.07, 6.45) is 2.74. The summed E-state index contributed by atoms with van der Waals surface area (Å²) in [4.78, 5) is 1.10. The van der Waals surface area contributed by atoms with Gasteiger partial charge in [0.05, 0.1) is 23.1 Å². The summed E-state index contributed by atoms with van der Waals surface area (Å²) < 4.78 is 8.36. The first-order valence-corrected chi connectivity index (χ1v) is 7.38. The molecule has 0 aliphatic carbocycles. The van der Waals surface area contributed by atoms with Crippen LogP contribution < -0.4 is 10.5 Å². The molecule has 18 heavy (non-hydrogen) atoms. The topological polar surface area (TPSA) is 53.1 Å². The van der Waals surface area contributed by atoms with Crippen molar-refractivity contribution in [2.75, 3.05) is 7.11 Å². The average Bonchev–Trinajstić information content (AvgIpc) is 2.95. The number of hydrogen-bond acceptors (Lipinski definition) is 4. The second kappa shape index (κ2) is 5.86. The minimum absolute atomic E-state index is 0.203. The summed E-state index contributed by atoms with van der Waals surface area (Å²) in [5, 5.41) is 4.33. The van der Waals surface area contributed by atoms with E-state index >= 15 is 0 Å². The van der Waals surface area contributed by atoms with Gasteiger partial charge in [-0.15, -0.1) is 11.3 Å². The molecule has 0 saturated heterocycles. The minimum Gasteiger partial charge on any atom is -0.493 e. The molecule has 2 heterocycles. The van der Waals surface area contributed by atoms with E-state index < -0.39 is 0 Å². The third kappa shape index (κ3) is 2.60. The summed E-state index contributed by atoms with van der Waals surface area (Å²) in [5.41, 5.74) is 7.27. The van der Waals surface area contributed by atoms with Gasteiger partial charge < -0.3 is 10.5 Å². The van der Waals surface area contributed by atoms with Crippen LogP contribution in [0.5, 0.6) is 5.75 Å². The molecule has 0 aromatic carbocycles. The Kier molecular flexibility index (Phi) is 4.42. The van der Waals surface area contributed by atoms with E-state index in [1.807, 2.05) is 16.8 Å². The van der Waals surface area contributed by atoms with Crippen LogP contribution in [0.25, 0.3) is 0 Å². The van der Waals surface area contributed by atoms with Gasteiger partial charge in [-0.3, -0.25) is 4.68 Å². The Morgan fingerprint density at radius 2 is 2.33 bits per heavy atom. The summed E-state index contributed by atoms with van der Waals surface area (Å²) in [5.74, 6) is 0.750. The number of rotatable bonds is 5. The zero-order chi connectivity index (χ0) is 13.1. The number of aryl methyl sites for hydroxylation is 1. The number of thiophene rings is 1. The molecule has 0 bridgehead atoms. The highest BCUT2D eigenvalue weighted by Gasteiger charge is 2.21. The molecular formula is C12H16BrN3OS. The van der Waals surface area contributed by atoms with Gasteiger partial charge in [0, 0.05) is 11.4 Å². The van der Waals surface area contributed by atoms with Crippen LogP contribution in [0.15, 0.2) is 22.1 Å². The molecule has 2 N–H and O–H groups in total. The van der Waals surface area contributed by atoms with Crippen molar-refractivity contribution in [1.82, 2.24) is 9.78 Å². The molecule has 0 fully saturated rings. The SMILES string of the molecule is CCCn1ncc(OC)c1C(N)c1ccc(Br)s1. The van der Waals surface area contributed by atoms with Crippen LogP contribution in [0.4, 0.5) is 0 Å². The first-order valence-electron chi connectivity index (χ1n) is 5.77. The van der Waals surface area contributed by atoms with Crippen LogP contribution in [0, 0.1) is 0 Å². The fraction of sp³-hybridized carbons (Fsp3) is 0.417. The summed E-state index contributed by atoms with van der Waals surface area (Å²) in [7, 11) is 1.65. The third-order valence-corrected chi connectivity index (χ3v) is 4.40. The van der Waals surface area contributed by atoms with E-state index in [0.717, 1.165) is 33.1 Å². The predicted molar refractivity (Wildman–Crippen MR) is 77.1 cm³/mol. The highest BCUT2D eigenvalue weighted by molar-refractivity contribution is 9.11. The van der Waals surface area contributed by atoms with Gasteiger partial charge in [-0.2, -0.15) is 5.10 Å². The summed E-state index contributed by atoms with van der Waals surface area (Å²) in [6, 6.07) is 3.83. The molecular weight excluding hydrogens is 314 g/mol. The van der Waals surface area contributed by atoms with Crippen LogP contribution in [0.1, 0.15) is 30.0 Å². The normalized spacial score (nSPS) is 12.7. The van der Waals surface area contributed by atoms with Crippen molar-refractivity contribution in [2.45, 2.75) is 25.9 Å². The Morgan fingerprint density at radius 1 is 1.56 bits per heavy atom. The highest BCUT2D eigenvalue weighted by Crippen LogP contribution is 2.33. The molecule has 0 spiro atoms. The number of nitrogens with zero attached hydrogens (tertiary/aromatic N) is 2. The Morgan fingerprint density at radius 3 is 2.89 bits per heavy atom. The Hall–Kier alpha value is -0.850. The smallest absolute Gasteiger partial charge is 0.161 e. The molecule has 2 rings (SSSR count). The van der Waals surface area contributed by atoms with E-state index in [1.54, 1.807) is 24.6 Å². The van der Waals surface area contributed by atoms with Crippen LogP contribution >= 0.6 is 27.3 Å². The van der Waals surface area contributed by atoms with Gasteiger partial charge in [0.15, 0.2) is 5.75 Å². The van der Waals surface area contributed by atoms with E-state index in [2.05, 4.69) is 28.0 Å². The number of methoxy groups -OCH3 is 1. The Bertz CT molecular complexity index is 523. The van der Waals surface area contributed by atoms with Crippen LogP contribution in [-0.2, 0) is 6.54 Å². The van der Waals surface area contributed by atoms with Gasteiger partial charge in [0.1, 0.15) is 5.69 Å². The zero-order valence-electron chi connectivity index (χ0n) is 10.4. The molecule has 0 radical (unpaired) electrons. The van der Waals surface area contributed by atoms with Gasteiger partial charge >= 0.3 is 0 Å². The highest BCUT2D eigenvalue weighted by atomic mass is 79.9. The average molecular weight is 330 g/mol. The molecule has 0 aliphatic rings. The summed E-state index contributed by atoms with van der Waals surface area (Å²) in [6.45, 7) is 2.96. The molecule has 0 saturated carbocycles. The minimum atomic E-state index is -0.203. The van der Waals surface area contributed by atoms with Crippen molar-refractivity contribution in [3.05, 3.63) is 32.7 Å². The largest absolute Gasteiger partial charge is 0.493 e. The van der Waals surface area contributed by atoms with Crippen LogP contribution in [0.2, 0.25) is 0 Å². The number of hydrogen-bond donors (Lipinski definition) is 1. The number of aromatic nitrogens is 2. The molecule has 0 aliphatic heterocycles. The van der Waals surface area contributed by atoms with Crippen molar-refractivity contribution in [1.29, 1.82) is 0 Å². The quantitative estimate of drug-likeness (QED) is 0.916. The zero-order valence-corrected chi connectivity index (χ0v) is 12.8. The molecule has 2 aromatic rings. The fourth-order valence-electron chi connectivity index (χ4n) is 1.87. The van der Waals surface area contributed by atoms with Gasteiger partial charge in [-0.1, -0.05) is 6.92 Å². The van der Waals surface area contributed by atoms with Crippen molar-refractivity contribution in [3.63, 3.8) is 0 Å². The first-order chi connectivity index (χ1) is 8.67. The first kappa shape index (κ1) is 13.6. The maximum absolute atomic E-state index is 6.33. The maximum atomic E-state index is 6.33. The number of ether oxygens (including phenoxy) is 1. The van der Waals surface area contributed by atoms with Gasteiger partial charge in [0.25, 0.3) is 0 Å². The monoisotopic (exact) mass is 329 g/mol.